The van der Waals surface area contributed by atoms with Gasteiger partial charge in [0, 0.05) is 0 Å². The van der Waals surface area contributed by atoms with Crippen molar-refractivity contribution in [2.45, 2.75) is 13.8 Å². The second kappa shape index (κ2) is 6.37. The molecule has 3 rings (SSSR count). The summed E-state index contributed by atoms with van der Waals surface area (Å²) < 4.78 is 3.13. The van der Waals surface area contributed by atoms with Crippen molar-refractivity contribution in [3.05, 3.63) is 47.5 Å². The van der Waals surface area contributed by atoms with E-state index in [-0.39, 0.29) is 45.7 Å². The molecule has 0 saturated heterocycles. The molecule has 102 valence electrons. The summed E-state index contributed by atoms with van der Waals surface area (Å²) in [5.41, 5.74) is 5.54. The number of fused-ring (bicyclic) bond motifs is 2. The van der Waals surface area contributed by atoms with E-state index >= 15 is 0 Å². The van der Waals surface area contributed by atoms with Crippen LogP contribution in [0, 0.1) is 13.8 Å². The number of benzene rings is 2. The van der Waals surface area contributed by atoms with Crippen LogP contribution in [0.4, 0.5) is 11.4 Å². The quantitative estimate of drug-likeness (QED) is 0.403. The van der Waals surface area contributed by atoms with Crippen LogP contribution >= 0.6 is 0 Å². The normalized spacial score (nSPS) is 11.8. The van der Waals surface area contributed by atoms with E-state index in [1.165, 1.54) is 22.5 Å². The summed E-state index contributed by atoms with van der Waals surface area (Å²) in [6.45, 7) is 4.36. The molecule has 0 aromatic heterocycles. The zero-order valence-corrected chi connectivity index (χ0v) is 14.9. The Kier molecular flexibility index (Phi) is 5.59. The van der Waals surface area contributed by atoms with Crippen molar-refractivity contribution in [1.29, 1.82) is 0 Å². The average Bonchev–Trinajstić information content (AvgIpc) is 2.28. The van der Waals surface area contributed by atoms with Crippen LogP contribution in [0.1, 0.15) is 11.1 Å². The van der Waals surface area contributed by atoms with Gasteiger partial charge in [0.2, 0.25) is 0 Å². The zero-order valence-electron chi connectivity index (χ0n) is 11.1. The summed E-state index contributed by atoms with van der Waals surface area (Å²) in [4.78, 5) is 2.33. The van der Waals surface area contributed by atoms with Gasteiger partial charge >= 0.3 is 113 Å². The molecule has 2 aromatic carbocycles. The van der Waals surface area contributed by atoms with Crippen LogP contribution < -0.4 is 36.9 Å². The van der Waals surface area contributed by atoms with Crippen molar-refractivity contribution in [2.75, 3.05) is 11.9 Å². The standard InChI is InChI=1S/C15H15NTe.2ClH/c1-10-4-6-12-14(8-10)17-15-9-11(2)5-7-13(15)16(12)3;;/h4-9H,1-3H3;2*1H/p-2. The predicted molar refractivity (Wildman–Crippen MR) is 75.4 cm³/mol. The molecule has 0 saturated carbocycles. The zero-order chi connectivity index (χ0) is 12.0. The number of halogens is 2. The van der Waals surface area contributed by atoms with E-state index in [9.17, 15) is 0 Å². The Balaban J connectivity index is 0.000000902. The van der Waals surface area contributed by atoms with Crippen LogP contribution in [-0.2, 0) is 0 Å². The topological polar surface area (TPSA) is 3.24 Å². The smallest absolute Gasteiger partial charge is 1.00 e. The maximum Gasteiger partial charge on any atom is -1.00 e. The van der Waals surface area contributed by atoms with Gasteiger partial charge in [-0.05, 0) is 0 Å². The molecular formula is C15H15Cl2NTe-2. The van der Waals surface area contributed by atoms with Gasteiger partial charge < -0.3 is 24.8 Å². The summed E-state index contributed by atoms with van der Waals surface area (Å²) in [5, 5.41) is 0. The molecule has 0 bridgehead atoms. The molecule has 19 heavy (non-hydrogen) atoms. The van der Waals surface area contributed by atoms with E-state index in [4.69, 9.17) is 0 Å². The molecule has 0 amide bonds. The fourth-order valence-corrected chi connectivity index (χ4v) is 6.05. The fraction of sp³-hybridized carbons (Fsp3) is 0.200. The third-order valence-electron chi connectivity index (χ3n) is 3.17. The number of aryl methyl sites for hydroxylation is 2. The fourth-order valence-electron chi connectivity index (χ4n) is 2.21. The van der Waals surface area contributed by atoms with E-state index < -0.39 is 0 Å². The number of rotatable bonds is 0. The van der Waals surface area contributed by atoms with Crippen molar-refractivity contribution in [2.24, 2.45) is 0 Å². The Morgan fingerprint density at radius 2 is 1.21 bits per heavy atom. The molecule has 0 aliphatic carbocycles. The molecule has 1 aliphatic rings. The Morgan fingerprint density at radius 1 is 0.789 bits per heavy atom. The SMILES string of the molecule is Cc1ccc2c(c1)[Te]c1cc(C)ccc1N2C.[Cl-].[Cl-]. The molecule has 0 radical (unpaired) electrons. The van der Waals surface area contributed by atoms with E-state index in [2.05, 4.69) is 62.2 Å². The molecule has 2 aromatic rings. The molecule has 0 unspecified atom stereocenters. The molecular weight excluding hydrogens is 393 g/mol. The van der Waals surface area contributed by atoms with Crippen LogP contribution in [0.2, 0.25) is 0 Å². The van der Waals surface area contributed by atoms with Crippen molar-refractivity contribution in [3.8, 4) is 0 Å². The van der Waals surface area contributed by atoms with Gasteiger partial charge in [-0.3, -0.25) is 0 Å². The summed E-state index contributed by atoms with van der Waals surface area (Å²) in [6.07, 6.45) is 0. The molecule has 4 heteroatoms. The van der Waals surface area contributed by atoms with E-state index in [0.29, 0.717) is 0 Å². The minimum absolute atomic E-state index is 0. The third-order valence-corrected chi connectivity index (χ3v) is 6.30. The van der Waals surface area contributed by atoms with Gasteiger partial charge in [0.15, 0.2) is 0 Å². The first-order chi connectivity index (χ1) is 8.15. The summed E-state index contributed by atoms with van der Waals surface area (Å²) in [7, 11) is 2.18. The number of anilines is 2. The van der Waals surface area contributed by atoms with Crippen LogP contribution in [0.5, 0.6) is 0 Å². The predicted octanol–water partition coefficient (Wildman–Crippen LogP) is -3.95. The van der Waals surface area contributed by atoms with Crippen molar-refractivity contribution in [3.63, 3.8) is 0 Å². The first-order valence-electron chi connectivity index (χ1n) is 5.78. The molecule has 0 fully saturated rings. The molecule has 1 nitrogen and oxygen atoms in total. The second-order valence-electron chi connectivity index (χ2n) is 4.60. The number of hydrogen-bond acceptors (Lipinski definition) is 1. The summed E-state index contributed by atoms with van der Waals surface area (Å²) in [6, 6.07) is 13.7. The van der Waals surface area contributed by atoms with Crippen LogP contribution in [0.15, 0.2) is 36.4 Å². The van der Waals surface area contributed by atoms with Crippen LogP contribution in [0.25, 0.3) is 0 Å². The van der Waals surface area contributed by atoms with Crippen LogP contribution in [-0.4, -0.2) is 28.0 Å². The minimum atomic E-state index is -0.224. The first kappa shape index (κ1) is 16.7. The Hall–Kier alpha value is -0.390. The number of hydrogen-bond donors (Lipinski definition) is 0. The van der Waals surface area contributed by atoms with Crippen molar-refractivity contribution >= 4 is 39.5 Å². The largest absolute Gasteiger partial charge is 1.00 e. The van der Waals surface area contributed by atoms with Gasteiger partial charge in [-0.25, -0.2) is 0 Å². The van der Waals surface area contributed by atoms with Gasteiger partial charge in [0.25, 0.3) is 0 Å². The summed E-state index contributed by atoms with van der Waals surface area (Å²) in [5.74, 6) is 0. The van der Waals surface area contributed by atoms with E-state index in [1.807, 2.05) is 0 Å². The van der Waals surface area contributed by atoms with Crippen LogP contribution in [0.3, 0.4) is 0 Å². The molecule has 0 N–H and O–H groups in total. The average molecular weight is 408 g/mol. The Labute approximate surface area is 137 Å². The molecule has 1 heterocycles. The maximum absolute atomic E-state index is 2.36. The Morgan fingerprint density at radius 3 is 1.63 bits per heavy atom. The Bertz CT molecular complexity index is 547. The third kappa shape index (κ3) is 3.03. The van der Waals surface area contributed by atoms with E-state index in [1.54, 1.807) is 7.22 Å². The minimum Gasteiger partial charge on any atom is -1.00 e. The van der Waals surface area contributed by atoms with Crippen molar-refractivity contribution in [1.82, 2.24) is 0 Å². The first-order valence-corrected chi connectivity index (χ1v) is 8.11. The van der Waals surface area contributed by atoms with Gasteiger partial charge in [-0.15, -0.1) is 0 Å². The van der Waals surface area contributed by atoms with E-state index in [0.717, 1.165) is 0 Å². The summed E-state index contributed by atoms with van der Waals surface area (Å²) >= 11 is -0.224. The second-order valence-corrected chi connectivity index (χ2v) is 7.70. The monoisotopic (exact) mass is 409 g/mol. The van der Waals surface area contributed by atoms with Gasteiger partial charge in [0.05, 0.1) is 0 Å². The van der Waals surface area contributed by atoms with Gasteiger partial charge in [0.1, 0.15) is 0 Å². The molecule has 1 aliphatic heterocycles. The van der Waals surface area contributed by atoms with Crippen molar-refractivity contribution < 1.29 is 24.8 Å². The van der Waals surface area contributed by atoms with Gasteiger partial charge in [-0.1, -0.05) is 0 Å². The maximum atomic E-state index is 2.36. The molecule has 0 spiro atoms. The van der Waals surface area contributed by atoms with Gasteiger partial charge in [-0.2, -0.15) is 0 Å². The molecule has 0 atom stereocenters. The number of nitrogens with zero attached hydrogens (tertiary/aromatic N) is 1.